The molecule has 0 bridgehead atoms. The van der Waals surface area contributed by atoms with E-state index in [9.17, 15) is 15.2 Å². The average Bonchev–Trinajstić information content (AvgIpc) is 2.69. The number of unbranched alkanes of at least 4 members (excludes halogenated alkanes) is 1. The van der Waals surface area contributed by atoms with Gasteiger partial charge in [0.2, 0.25) is 0 Å². The molecule has 6 nitrogen and oxygen atoms in total. The zero-order valence-electron chi connectivity index (χ0n) is 14.8. The first-order valence-electron chi connectivity index (χ1n) is 8.64. The zero-order chi connectivity index (χ0) is 19.2. The maximum Gasteiger partial charge on any atom is 0.269 e. The lowest BCUT2D eigenvalue weighted by molar-refractivity contribution is -0.384. The van der Waals surface area contributed by atoms with E-state index in [0.717, 1.165) is 34.3 Å². The largest absolute Gasteiger partial charge is 0.505 e. The maximum atomic E-state index is 10.7. The second-order valence-corrected chi connectivity index (χ2v) is 7.10. The number of azo groups is 1. The van der Waals surface area contributed by atoms with E-state index in [1.54, 1.807) is 11.8 Å². The third kappa shape index (κ3) is 4.43. The number of nitro benzene ring substituents is 1. The number of fused-ring (bicyclic) bond motifs is 1. The van der Waals surface area contributed by atoms with Gasteiger partial charge in [-0.2, -0.15) is 5.11 Å². The smallest absolute Gasteiger partial charge is 0.269 e. The molecular weight excluding hydrogens is 362 g/mol. The number of phenols is 1. The van der Waals surface area contributed by atoms with Crippen LogP contribution in [0.4, 0.5) is 17.1 Å². The van der Waals surface area contributed by atoms with Crippen LogP contribution in [-0.2, 0) is 0 Å². The van der Waals surface area contributed by atoms with Gasteiger partial charge in [0, 0.05) is 22.4 Å². The summed E-state index contributed by atoms with van der Waals surface area (Å²) in [6.07, 6.45) is 2.23. The number of aromatic hydroxyl groups is 1. The lowest BCUT2D eigenvalue weighted by atomic mass is 10.1. The highest BCUT2D eigenvalue weighted by molar-refractivity contribution is 7.99. The molecule has 0 spiro atoms. The van der Waals surface area contributed by atoms with Gasteiger partial charge in [-0.15, -0.1) is 16.9 Å². The number of nitro groups is 1. The van der Waals surface area contributed by atoms with Crippen molar-refractivity contribution >= 4 is 39.6 Å². The Kier molecular flexibility index (Phi) is 6.03. The van der Waals surface area contributed by atoms with Crippen molar-refractivity contribution in [1.29, 1.82) is 0 Å². The van der Waals surface area contributed by atoms with Crippen molar-refractivity contribution in [2.75, 3.05) is 5.75 Å². The molecule has 3 aromatic rings. The molecule has 1 N–H and O–H groups in total. The number of hydrogen-bond donors (Lipinski definition) is 1. The predicted molar refractivity (Wildman–Crippen MR) is 109 cm³/mol. The number of rotatable bonds is 7. The molecule has 3 rings (SSSR count). The highest BCUT2D eigenvalue weighted by Gasteiger charge is 2.11. The molecule has 0 radical (unpaired) electrons. The number of hydrogen-bond acceptors (Lipinski definition) is 6. The predicted octanol–water partition coefficient (Wildman–Crippen LogP) is 6.76. The van der Waals surface area contributed by atoms with Gasteiger partial charge in [-0.3, -0.25) is 10.1 Å². The van der Waals surface area contributed by atoms with E-state index in [2.05, 4.69) is 17.2 Å². The van der Waals surface area contributed by atoms with Crippen LogP contribution < -0.4 is 0 Å². The number of thioether (sulfide) groups is 1. The summed E-state index contributed by atoms with van der Waals surface area (Å²) in [5.41, 5.74) is 0.858. The lowest BCUT2D eigenvalue weighted by Crippen LogP contribution is -1.85. The highest BCUT2D eigenvalue weighted by atomic mass is 32.2. The van der Waals surface area contributed by atoms with Crippen LogP contribution in [0.15, 0.2) is 69.7 Å². The Bertz CT molecular complexity index is 988. The Balaban J connectivity index is 1.95. The molecular formula is C20H19N3O3S. The van der Waals surface area contributed by atoms with E-state index < -0.39 is 4.92 Å². The molecule has 3 aromatic carbocycles. The first-order valence-corrected chi connectivity index (χ1v) is 9.62. The van der Waals surface area contributed by atoms with Gasteiger partial charge in [0.25, 0.3) is 5.69 Å². The highest BCUT2D eigenvalue weighted by Crippen LogP contribution is 2.41. The molecule has 0 unspecified atom stereocenters. The van der Waals surface area contributed by atoms with Gasteiger partial charge in [0.15, 0.2) is 5.75 Å². The second-order valence-electron chi connectivity index (χ2n) is 5.96. The summed E-state index contributed by atoms with van der Waals surface area (Å²) in [6, 6.07) is 15.3. The molecule has 0 aromatic heterocycles. The molecule has 0 saturated heterocycles. The third-order valence-electron chi connectivity index (χ3n) is 4.05. The summed E-state index contributed by atoms with van der Waals surface area (Å²) in [4.78, 5) is 11.3. The van der Waals surface area contributed by atoms with Gasteiger partial charge >= 0.3 is 0 Å². The molecule has 0 aliphatic carbocycles. The lowest BCUT2D eigenvalue weighted by Gasteiger charge is -2.10. The topological polar surface area (TPSA) is 88.1 Å². The van der Waals surface area contributed by atoms with E-state index in [1.165, 1.54) is 24.3 Å². The fourth-order valence-corrected chi connectivity index (χ4v) is 3.77. The van der Waals surface area contributed by atoms with Gasteiger partial charge in [0.05, 0.1) is 10.6 Å². The first-order chi connectivity index (χ1) is 13.1. The minimum atomic E-state index is -0.462. The molecule has 0 aliphatic heterocycles. The van der Waals surface area contributed by atoms with Gasteiger partial charge in [-0.1, -0.05) is 37.6 Å². The molecule has 0 heterocycles. The van der Waals surface area contributed by atoms with Crippen molar-refractivity contribution in [1.82, 2.24) is 0 Å². The minimum absolute atomic E-state index is 0.00267. The van der Waals surface area contributed by atoms with Crippen molar-refractivity contribution in [2.24, 2.45) is 10.2 Å². The molecule has 138 valence electrons. The Morgan fingerprint density at radius 2 is 1.78 bits per heavy atom. The summed E-state index contributed by atoms with van der Waals surface area (Å²) >= 11 is 1.74. The normalized spacial score (nSPS) is 11.3. The van der Waals surface area contributed by atoms with Crippen LogP contribution in [0.25, 0.3) is 10.8 Å². The Morgan fingerprint density at radius 1 is 1.07 bits per heavy atom. The van der Waals surface area contributed by atoms with Gasteiger partial charge < -0.3 is 5.11 Å². The molecule has 27 heavy (non-hydrogen) atoms. The van der Waals surface area contributed by atoms with Gasteiger partial charge in [-0.25, -0.2) is 0 Å². The number of non-ortho nitro benzene ring substituents is 1. The van der Waals surface area contributed by atoms with E-state index >= 15 is 0 Å². The molecule has 7 heteroatoms. The minimum Gasteiger partial charge on any atom is -0.505 e. The van der Waals surface area contributed by atoms with E-state index in [0.29, 0.717) is 11.4 Å². The van der Waals surface area contributed by atoms with Gasteiger partial charge in [-0.05, 0) is 35.8 Å². The van der Waals surface area contributed by atoms with Crippen LogP contribution in [0.3, 0.4) is 0 Å². The molecule has 0 saturated carbocycles. The SMILES string of the molecule is CCCCSc1cc(N=Nc2ccc([N+](=O)[O-])cc2)c(O)c2ccccc12. The van der Waals surface area contributed by atoms with Gasteiger partial charge in [0.1, 0.15) is 5.69 Å². The van der Waals surface area contributed by atoms with Crippen LogP contribution in [0.1, 0.15) is 19.8 Å². The summed E-state index contributed by atoms with van der Waals surface area (Å²) in [5.74, 6) is 1.07. The standard InChI is InChI=1S/C20H19N3O3S/c1-2-3-12-27-19-13-18(20(24)17-7-5-4-6-16(17)19)22-21-14-8-10-15(11-9-14)23(25)26/h4-11,13,24H,2-3,12H2,1H3. The fraction of sp³-hybridized carbons (Fsp3) is 0.200. The van der Waals surface area contributed by atoms with E-state index in [-0.39, 0.29) is 11.4 Å². The number of benzene rings is 3. The summed E-state index contributed by atoms with van der Waals surface area (Å²) < 4.78 is 0. The van der Waals surface area contributed by atoms with Crippen LogP contribution in [-0.4, -0.2) is 15.8 Å². The van der Waals surface area contributed by atoms with Crippen LogP contribution in [0.2, 0.25) is 0 Å². The number of nitrogens with zero attached hydrogens (tertiary/aromatic N) is 3. The number of phenolic OH excluding ortho intramolecular Hbond substituents is 1. The summed E-state index contributed by atoms with van der Waals surface area (Å²) in [7, 11) is 0. The zero-order valence-corrected chi connectivity index (χ0v) is 15.6. The van der Waals surface area contributed by atoms with Crippen LogP contribution in [0, 0.1) is 10.1 Å². The molecule has 0 aliphatic rings. The quantitative estimate of drug-likeness (QED) is 0.161. The molecule has 0 amide bonds. The molecule has 0 fully saturated rings. The molecule has 0 atom stereocenters. The van der Waals surface area contributed by atoms with Crippen LogP contribution in [0.5, 0.6) is 5.75 Å². The van der Waals surface area contributed by atoms with E-state index in [1.807, 2.05) is 30.3 Å². The van der Waals surface area contributed by atoms with Crippen molar-refractivity contribution in [3.05, 3.63) is 64.7 Å². The summed E-state index contributed by atoms with van der Waals surface area (Å²) in [5, 5.41) is 31.3. The Labute approximate surface area is 161 Å². The van der Waals surface area contributed by atoms with Crippen molar-refractivity contribution < 1.29 is 10.0 Å². The maximum absolute atomic E-state index is 10.7. The second kappa shape index (κ2) is 8.64. The summed E-state index contributed by atoms with van der Waals surface area (Å²) in [6.45, 7) is 2.15. The fourth-order valence-electron chi connectivity index (χ4n) is 2.59. The van der Waals surface area contributed by atoms with Crippen molar-refractivity contribution in [3.63, 3.8) is 0 Å². The Morgan fingerprint density at radius 3 is 2.44 bits per heavy atom. The first kappa shape index (κ1) is 18.8. The van der Waals surface area contributed by atoms with Crippen molar-refractivity contribution in [3.8, 4) is 5.75 Å². The van der Waals surface area contributed by atoms with E-state index in [4.69, 9.17) is 0 Å². The average molecular weight is 381 g/mol. The van der Waals surface area contributed by atoms with Crippen molar-refractivity contribution in [2.45, 2.75) is 24.7 Å². The van der Waals surface area contributed by atoms with Crippen LogP contribution >= 0.6 is 11.8 Å². The Hall–Kier alpha value is -2.93. The third-order valence-corrected chi connectivity index (χ3v) is 5.19. The monoisotopic (exact) mass is 381 g/mol.